The first kappa shape index (κ1) is 27.0. The smallest absolute Gasteiger partial charge is 0.406 e. The zero-order valence-electron chi connectivity index (χ0n) is 19.6. The Balaban J connectivity index is 1.50. The van der Waals surface area contributed by atoms with Crippen LogP contribution in [0.1, 0.15) is 45.0 Å². The van der Waals surface area contributed by atoms with Crippen molar-refractivity contribution in [3.63, 3.8) is 0 Å². The average molecular weight is 533 g/mol. The molecule has 0 spiro atoms. The Morgan fingerprint density at radius 1 is 0.921 bits per heavy atom. The SMILES string of the molecule is N#Cc1ccc(C(c2ccc(C(F)(F)F)cc2)C2CC(NC(=O)c3ccc(OC(F)(F)F)cc3)CN2)cc1. The lowest BCUT2D eigenvalue weighted by Crippen LogP contribution is -2.36. The number of carbonyl (C=O) groups excluding carboxylic acids is 1. The van der Waals surface area contributed by atoms with Crippen molar-refractivity contribution in [2.75, 3.05) is 6.54 Å². The number of carbonyl (C=O) groups is 1. The number of nitrogens with zero attached hydrogens (tertiary/aromatic N) is 1. The molecule has 198 valence electrons. The van der Waals surface area contributed by atoms with Gasteiger partial charge in [-0.2, -0.15) is 18.4 Å². The van der Waals surface area contributed by atoms with Gasteiger partial charge in [-0.1, -0.05) is 24.3 Å². The highest BCUT2D eigenvalue weighted by molar-refractivity contribution is 5.94. The van der Waals surface area contributed by atoms with Crippen LogP contribution >= 0.6 is 0 Å². The molecule has 0 radical (unpaired) electrons. The summed E-state index contributed by atoms with van der Waals surface area (Å²) in [6.07, 6.45) is -8.87. The van der Waals surface area contributed by atoms with E-state index in [0.717, 1.165) is 29.8 Å². The van der Waals surface area contributed by atoms with E-state index < -0.39 is 29.8 Å². The highest BCUT2D eigenvalue weighted by Gasteiger charge is 2.35. The van der Waals surface area contributed by atoms with Crippen molar-refractivity contribution < 1.29 is 35.9 Å². The number of hydrogen-bond acceptors (Lipinski definition) is 4. The molecule has 3 atom stereocenters. The quantitative estimate of drug-likeness (QED) is 0.395. The van der Waals surface area contributed by atoms with Gasteiger partial charge >= 0.3 is 12.5 Å². The van der Waals surface area contributed by atoms with Crippen LogP contribution < -0.4 is 15.4 Å². The fourth-order valence-corrected chi connectivity index (χ4v) is 4.51. The molecule has 1 aliphatic heterocycles. The average Bonchev–Trinajstić information content (AvgIpc) is 3.31. The molecule has 5 nitrogen and oxygen atoms in total. The standard InChI is InChI=1S/C27H21F6N3O2/c28-26(29,30)20-9-5-18(6-10-20)24(17-3-1-16(14-34)2-4-17)23-13-21(15-35-23)36-25(37)19-7-11-22(12-8-19)38-27(31,32)33/h1-12,21,23-24,35H,13,15H2,(H,36,37). The highest BCUT2D eigenvalue weighted by Crippen LogP contribution is 2.35. The van der Waals surface area contributed by atoms with Crippen LogP contribution in [0.5, 0.6) is 5.75 Å². The largest absolute Gasteiger partial charge is 0.573 e. The Labute approximate surface area is 214 Å². The molecule has 3 unspecified atom stereocenters. The van der Waals surface area contributed by atoms with Crippen molar-refractivity contribution in [1.82, 2.24) is 10.6 Å². The van der Waals surface area contributed by atoms with Gasteiger partial charge in [0.1, 0.15) is 5.75 Å². The van der Waals surface area contributed by atoms with Crippen LogP contribution in [0.15, 0.2) is 72.8 Å². The van der Waals surface area contributed by atoms with E-state index in [1.54, 1.807) is 24.3 Å². The van der Waals surface area contributed by atoms with Crippen LogP contribution in [-0.4, -0.2) is 30.9 Å². The van der Waals surface area contributed by atoms with Gasteiger partial charge in [-0.15, -0.1) is 13.2 Å². The summed E-state index contributed by atoms with van der Waals surface area (Å²) < 4.78 is 80.2. The molecule has 11 heteroatoms. The zero-order chi connectivity index (χ0) is 27.5. The lowest BCUT2D eigenvalue weighted by Gasteiger charge is -2.25. The minimum Gasteiger partial charge on any atom is -0.406 e. The summed E-state index contributed by atoms with van der Waals surface area (Å²) in [4.78, 5) is 12.7. The van der Waals surface area contributed by atoms with Gasteiger partial charge in [0.05, 0.1) is 17.2 Å². The first-order chi connectivity index (χ1) is 17.9. The molecule has 0 bridgehead atoms. The number of halogens is 6. The van der Waals surface area contributed by atoms with Crippen LogP contribution in [0.4, 0.5) is 26.3 Å². The van der Waals surface area contributed by atoms with Gasteiger partial charge in [-0.25, -0.2) is 0 Å². The predicted octanol–water partition coefficient (Wildman–Crippen LogP) is 5.77. The molecule has 1 amide bonds. The monoisotopic (exact) mass is 533 g/mol. The van der Waals surface area contributed by atoms with E-state index in [4.69, 9.17) is 5.26 Å². The van der Waals surface area contributed by atoms with Gasteiger partial charge in [-0.05, 0) is 66.1 Å². The van der Waals surface area contributed by atoms with Crippen LogP contribution in [-0.2, 0) is 6.18 Å². The number of alkyl halides is 6. The maximum Gasteiger partial charge on any atom is 0.573 e. The third kappa shape index (κ3) is 6.63. The predicted molar refractivity (Wildman–Crippen MR) is 125 cm³/mol. The fourth-order valence-electron chi connectivity index (χ4n) is 4.51. The maximum absolute atomic E-state index is 13.1. The Morgan fingerprint density at radius 3 is 2.03 bits per heavy atom. The second kappa shape index (κ2) is 10.8. The van der Waals surface area contributed by atoms with E-state index in [1.165, 1.54) is 24.3 Å². The topological polar surface area (TPSA) is 74.2 Å². The molecular formula is C27H21F6N3O2. The second-order valence-corrected chi connectivity index (χ2v) is 8.82. The van der Waals surface area contributed by atoms with Crippen molar-refractivity contribution in [1.29, 1.82) is 5.26 Å². The summed E-state index contributed by atoms with van der Waals surface area (Å²) in [6, 6.07) is 17.6. The molecule has 3 aromatic rings. The fraction of sp³-hybridized carbons (Fsp3) is 0.259. The summed E-state index contributed by atoms with van der Waals surface area (Å²) >= 11 is 0. The van der Waals surface area contributed by atoms with E-state index in [9.17, 15) is 31.1 Å². The molecule has 0 saturated carbocycles. The summed E-state index contributed by atoms with van der Waals surface area (Å²) in [5, 5.41) is 15.3. The van der Waals surface area contributed by atoms with Gasteiger partial charge in [0, 0.05) is 30.1 Å². The zero-order valence-corrected chi connectivity index (χ0v) is 19.6. The van der Waals surface area contributed by atoms with E-state index in [2.05, 4.69) is 15.4 Å². The lowest BCUT2D eigenvalue weighted by atomic mass is 9.83. The number of nitriles is 1. The molecule has 0 aromatic heterocycles. The molecule has 1 aliphatic rings. The third-order valence-corrected chi connectivity index (χ3v) is 6.25. The molecule has 1 heterocycles. The van der Waals surface area contributed by atoms with Crippen LogP contribution in [0.2, 0.25) is 0 Å². The highest BCUT2D eigenvalue weighted by atomic mass is 19.4. The van der Waals surface area contributed by atoms with Gasteiger partial charge < -0.3 is 15.4 Å². The molecular weight excluding hydrogens is 512 g/mol. The molecule has 2 N–H and O–H groups in total. The Morgan fingerprint density at radius 2 is 1.50 bits per heavy atom. The van der Waals surface area contributed by atoms with Gasteiger partial charge in [0.2, 0.25) is 0 Å². The van der Waals surface area contributed by atoms with Crippen LogP contribution in [0, 0.1) is 11.3 Å². The summed E-state index contributed by atoms with van der Waals surface area (Å²) in [6.45, 7) is 0.374. The van der Waals surface area contributed by atoms with Crippen molar-refractivity contribution in [2.45, 2.75) is 37.0 Å². The van der Waals surface area contributed by atoms with E-state index in [-0.39, 0.29) is 23.6 Å². The van der Waals surface area contributed by atoms with Gasteiger partial charge in [0.15, 0.2) is 0 Å². The van der Waals surface area contributed by atoms with Gasteiger partial charge in [0.25, 0.3) is 5.91 Å². The summed E-state index contributed by atoms with van der Waals surface area (Å²) in [5.41, 5.74) is 1.24. The van der Waals surface area contributed by atoms with Crippen molar-refractivity contribution in [2.24, 2.45) is 0 Å². The molecule has 0 aliphatic carbocycles. The number of amides is 1. The summed E-state index contributed by atoms with van der Waals surface area (Å²) in [7, 11) is 0. The summed E-state index contributed by atoms with van der Waals surface area (Å²) in [5.74, 6) is -1.30. The van der Waals surface area contributed by atoms with Crippen molar-refractivity contribution >= 4 is 5.91 Å². The van der Waals surface area contributed by atoms with Crippen molar-refractivity contribution in [3.05, 3.63) is 101 Å². The minimum atomic E-state index is -4.84. The maximum atomic E-state index is 13.1. The number of ether oxygens (including phenoxy) is 1. The molecule has 38 heavy (non-hydrogen) atoms. The molecule has 3 aromatic carbocycles. The first-order valence-electron chi connectivity index (χ1n) is 11.5. The number of benzene rings is 3. The second-order valence-electron chi connectivity index (χ2n) is 8.82. The molecule has 1 fully saturated rings. The van der Waals surface area contributed by atoms with Crippen molar-refractivity contribution in [3.8, 4) is 11.8 Å². The van der Waals surface area contributed by atoms with E-state index in [0.29, 0.717) is 24.1 Å². The number of hydrogen-bond donors (Lipinski definition) is 2. The van der Waals surface area contributed by atoms with Gasteiger partial charge in [-0.3, -0.25) is 4.79 Å². The Bertz CT molecular complexity index is 1300. The Kier molecular flexibility index (Phi) is 7.64. The molecule has 4 rings (SSSR count). The number of nitrogens with one attached hydrogen (secondary N) is 2. The van der Waals surface area contributed by atoms with E-state index >= 15 is 0 Å². The third-order valence-electron chi connectivity index (χ3n) is 6.25. The van der Waals surface area contributed by atoms with Crippen LogP contribution in [0.3, 0.4) is 0 Å². The number of rotatable bonds is 6. The normalized spacial score (nSPS) is 18.4. The minimum absolute atomic E-state index is 0.148. The first-order valence-corrected chi connectivity index (χ1v) is 11.5. The Hall–Kier alpha value is -4.04. The molecule has 1 saturated heterocycles. The lowest BCUT2D eigenvalue weighted by molar-refractivity contribution is -0.274. The van der Waals surface area contributed by atoms with Crippen LogP contribution in [0.25, 0.3) is 0 Å². The van der Waals surface area contributed by atoms with E-state index in [1.807, 2.05) is 6.07 Å².